The van der Waals surface area contributed by atoms with Crippen molar-refractivity contribution in [3.8, 4) is 0 Å². The van der Waals surface area contributed by atoms with Crippen LogP contribution in [0.3, 0.4) is 0 Å². The standard InChI is InChI=1S/C7H11NO2/c1-3-6-5-8(4-2)7(9)10-6/h4,6H,2-3,5H2,1H3. The van der Waals surface area contributed by atoms with E-state index in [4.69, 9.17) is 4.74 Å². The number of nitrogens with zero attached hydrogens (tertiary/aromatic N) is 1. The predicted octanol–water partition coefficient (Wildman–Crippen LogP) is 1.36. The van der Waals surface area contributed by atoms with Crippen LogP contribution in [0.1, 0.15) is 13.3 Å². The Labute approximate surface area is 60.3 Å². The maximum atomic E-state index is 10.8. The first-order valence-corrected chi connectivity index (χ1v) is 3.37. The van der Waals surface area contributed by atoms with Crippen molar-refractivity contribution in [2.24, 2.45) is 0 Å². The van der Waals surface area contributed by atoms with E-state index in [1.165, 1.54) is 11.1 Å². The van der Waals surface area contributed by atoms with Crippen molar-refractivity contribution in [2.75, 3.05) is 6.54 Å². The highest BCUT2D eigenvalue weighted by molar-refractivity contribution is 5.70. The lowest BCUT2D eigenvalue weighted by atomic mass is 10.3. The summed E-state index contributed by atoms with van der Waals surface area (Å²) in [5.74, 6) is 0. The van der Waals surface area contributed by atoms with Gasteiger partial charge in [0.2, 0.25) is 0 Å². The van der Waals surface area contributed by atoms with Gasteiger partial charge in [0.1, 0.15) is 6.10 Å². The van der Waals surface area contributed by atoms with Crippen LogP contribution < -0.4 is 0 Å². The molecule has 56 valence electrons. The SMILES string of the molecule is C=CN1CC(CC)OC1=O. The zero-order valence-electron chi connectivity index (χ0n) is 6.04. The summed E-state index contributed by atoms with van der Waals surface area (Å²) in [4.78, 5) is 12.3. The summed E-state index contributed by atoms with van der Waals surface area (Å²) in [7, 11) is 0. The van der Waals surface area contributed by atoms with Gasteiger partial charge in [0, 0.05) is 6.20 Å². The van der Waals surface area contributed by atoms with Crippen LogP contribution in [0, 0.1) is 0 Å². The largest absolute Gasteiger partial charge is 0.444 e. The van der Waals surface area contributed by atoms with Crippen LogP contribution in [0.4, 0.5) is 4.79 Å². The van der Waals surface area contributed by atoms with E-state index in [1.54, 1.807) is 0 Å². The highest BCUT2D eigenvalue weighted by atomic mass is 16.6. The molecule has 0 aliphatic carbocycles. The van der Waals surface area contributed by atoms with E-state index in [1.807, 2.05) is 6.92 Å². The molecule has 1 rings (SSSR count). The fraction of sp³-hybridized carbons (Fsp3) is 0.571. The number of hydrogen-bond donors (Lipinski definition) is 0. The van der Waals surface area contributed by atoms with E-state index >= 15 is 0 Å². The van der Waals surface area contributed by atoms with Crippen LogP contribution in [-0.2, 0) is 4.74 Å². The first kappa shape index (κ1) is 7.12. The van der Waals surface area contributed by atoms with Gasteiger partial charge >= 0.3 is 6.09 Å². The predicted molar refractivity (Wildman–Crippen MR) is 37.5 cm³/mol. The fourth-order valence-electron chi connectivity index (χ4n) is 0.903. The molecule has 3 nitrogen and oxygen atoms in total. The molecule has 0 bridgehead atoms. The molecule has 10 heavy (non-hydrogen) atoms. The molecule has 3 heteroatoms. The molecule has 0 aromatic carbocycles. The van der Waals surface area contributed by atoms with E-state index in [-0.39, 0.29) is 12.2 Å². The monoisotopic (exact) mass is 141 g/mol. The van der Waals surface area contributed by atoms with Crippen molar-refractivity contribution in [3.63, 3.8) is 0 Å². The summed E-state index contributed by atoms with van der Waals surface area (Å²) >= 11 is 0. The summed E-state index contributed by atoms with van der Waals surface area (Å²) in [5.41, 5.74) is 0. The van der Waals surface area contributed by atoms with Crippen LogP contribution in [0.2, 0.25) is 0 Å². The molecule has 1 heterocycles. The first-order valence-electron chi connectivity index (χ1n) is 3.37. The molecule has 0 aromatic rings. The second kappa shape index (κ2) is 2.73. The van der Waals surface area contributed by atoms with Crippen molar-refractivity contribution >= 4 is 6.09 Å². The van der Waals surface area contributed by atoms with E-state index < -0.39 is 0 Å². The van der Waals surface area contributed by atoms with Crippen molar-refractivity contribution in [1.82, 2.24) is 4.90 Å². The summed E-state index contributed by atoms with van der Waals surface area (Å²) in [6, 6.07) is 0. The topological polar surface area (TPSA) is 29.5 Å². The average molecular weight is 141 g/mol. The lowest BCUT2D eigenvalue weighted by Gasteiger charge is -2.02. The van der Waals surface area contributed by atoms with Crippen LogP contribution in [-0.4, -0.2) is 23.6 Å². The van der Waals surface area contributed by atoms with Crippen LogP contribution >= 0.6 is 0 Å². The average Bonchev–Trinajstić information content (AvgIpc) is 2.30. The smallest absolute Gasteiger partial charge is 0.414 e. The van der Waals surface area contributed by atoms with Gasteiger partial charge in [-0.05, 0) is 6.42 Å². The van der Waals surface area contributed by atoms with Gasteiger partial charge in [-0.15, -0.1) is 0 Å². The third kappa shape index (κ3) is 1.12. The number of ether oxygens (including phenoxy) is 1. The zero-order chi connectivity index (χ0) is 7.56. The Morgan fingerprint density at radius 3 is 3.00 bits per heavy atom. The van der Waals surface area contributed by atoms with Gasteiger partial charge in [0.15, 0.2) is 0 Å². The maximum Gasteiger partial charge on any atom is 0.414 e. The fourth-order valence-corrected chi connectivity index (χ4v) is 0.903. The minimum Gasteiger partial charge on any atom is -0.444 e. The molecule has 1 saturated heterocycles. The Kier molecular flexibility index (Phi) is 1.94. The summed E-state index contributed by atoms with van der Waals surface area (Å²) in [6.07, 6.45) is 2.15. The molecule has 0 spiro atoms. The minimum atomic E-state index is -0.276. The summed E-state index contributed by atoms with van der Waals surface area (Å²) in [6.45, 7) is 6.13. The van der Waals surface area contributed by atoms with Crippen molar-refractivity contribution < 1.29 is 9.53 Å². The molecule has 1 amide bonds. The third-order valence-corrected chi connectivity index (χ3v) is 1.58. The van der Waals surface area contributed by atoms with E-state index in [2.05, 4.69) is 6.58 Å². The van der Waals surface area contributed by atoms with Crippen molar-refractivity contribution in [1.29, 1.82) is 0 Å². The molecule has 0 radical (unpaired) electrons. The second-order valence-corrected chi connectivity index (χ2v) is 2.25. The normalized spacial score (nSPS) is 24.7. The van der Waals surface area contributed by atoms with Gasteiger partial charge in [-0.25, -0.2) is 4.79 Å². The second-order valence-electron chi connectivity index (χ2n) is 2.25. The highest BCUT2D eigenvalue weighted by Gasteiger charge is 2.27. The van der Waals surface area contributed by atoms with Gasteiger partial charge in [-0.1, -0.05) is 13.5 Å². The van der Waals surface area contributed by atoms with Crippen molar-refractivity contribution in [2.45, 2.75) is 19.4 Å². The summed E-state index contributed by atoms with van der Waals surface area (Å²) < 4.78 is 4.93. The van der Waals surface area contributed by atoms with Crippen molar-refractivity contribution in [3.05, 3.63) is 12.8 Å². The quantitative estimate of drug-likeness (QED) is 0.581. The Balaban J connectivity index is 2.52. The Morgan fingerprint density at radius 2 is 2.70 bits per heavy atom. The van der Waals surface area contributed by atoms with Gasteiger partial charge in [0.05, 0.1) is 6.54 Å². The molecule has 1 atom stereocenters. The number of carbonyl (C=O) groups excluding carboxylic acids is 1. The molecule has 0 N–H and O–H groups in total. The number of hydrogen-bond acceptors (Lipinski definition) is 2. The molecule has 1 aliphatic heterocycles. The Hall–Kier alpha value is -0.990. The lowest BCUT2D eigenvalue weighted by molar-refractivity contribution is 0.134. The minimum absolute atomic E-state index is 0.0606. The van der Waals surface area contributed by atoms with Gasteiger partial charge < -0.3 is 4.74 Å². The highest BCUT2D eigenvalue weighted by Crippen LogP contribution is 2.12. The number of cyclic esters (lactones) is 1. The van der Waals surface area contributed by atoms with E-state index in [0.29, 0.717) is 6.54 Å². The maximum absolute atomic E-state index is 10.8. The van der Waals surface area contributed by atoms with Crippen LogP contribution in [0.25, 0.3) is 0 Å². The molecular weight excluding hydrogens is 130 g/mol. The van der Waals surface area contributed by atoms with Crippen LogP contribution in [0.15, 0.2) is 12.8 Å². The summed E-state index contributed by atoms with van der Waals surface area (Å²) in [5, 5.41) is 0. The van der Waals surface area contributed by atoms with Gasteiger partial charge in [-0.2, -0.15) is 0 Å². The Bertz CT molecular complexity index is 156. The molecule has 1 aliphatic rings. The molecule has 0 aromatic heterocycles. The molecule has 1 unspecified atom stereocenters. The Morgan fingerprint density at radius 1 is 2.00 bits per heavy atom. The molecular formula is C7H11NO2. The molecule has 0 saturated carbocycles. The first-order chi connectivity index (χ1) is 4.77. The van der Waals surface area contributed by atoms with Crippen LogP contribution in [0.5, 0.6) is 0 Å². The number of amides is 1. The van der Waals surface area contributed by atoms with Gasteiger partial charge in [0.25, 0.3) is 0 Å². The van der Waals surface area contributed by atoms with E-state index in [9.17, 15) is 4.79 Å². The zero-order valence-corrected chi connectivity index (χ0v) is 6.04. The lowest BCUT2D eigenvalue weighted by Crippen LogP contribution is -2.17. The number of rotatable bonds is 2. The molecule has 1 fully saturated rings. The third-order valence-electron chi connectivity index (χ3n) is 1.58. The van der Waals surface area contributed by atoms with E-state index in [0.717, 1.165) is 6.42 Å². The van der Waals surface area contributed by atoms with Gasteiger partial charge in [-0.3, -0.25) is 4.90 Å². The number of carbonyl (C=O) groups is 1.